The van der Waals surface area contributed by atoms with Crippen LogP contribution in [-0.4, -0.2) is 15.2 Å². The summed E-state index contributed by atoms with van der Waals surface area (Å²) in [6.07, 6.45) is 0. The van der Waals surface area contributed by atoms with Crippen LogP contribution in [0.3, 0.4) is 0 Å². The van der Waals surface area contributed by atoms with Gasteiger partial charge in [0.25, 0.3) is 15.2 Å². The molecule has 0 aliphatic carbocycles. The first-order valence-corrected chi connectivity index (χ1v) is 5.55. The molecule has 0 heterocycles. The molecular formula is C12H12Al. The van der Waals surface area contributed by atoms with Gasteiger partial charge in [-0.05, 0) is 0 Å². The summed E-state index contributed by atoms with van der Waals surface area (Å²) in [5, 5.41) is 0. The lowest BCUT2D eigenvalue weighted by molar-refractivity contribution is 1.75. The van der Waals surface area contributed by atoms with Crippen molar-refractivity contribution in [3.63, 3.8) is 0 Å². The van der Waals surface area contributed by atoms with E-state index in [1.54, 1.807) is 0 Å². The lowest BCUT2D eigenvalue weighted by Crippen LogP contribution is -2.26. The summed E-state index contributed by atoms with van der Waals surface area (Å²) >= 11 is 0.271. The molecule has 0 fully saturated rings. The van der Waals surface area contributed by atoms with E-state index in [-0.39, 0.29) is 16.6 Å². The lowest BCUT2D eigenvalue weighted by Gasteiger charge is -1.98. The molecule has 0 amide bonds. The molecule has 1 radical (unpaired) electrons. The normalized spacial score (nSPS) is 9.54. The summed E-state index contributed by atoms with van der Waals surface area (Å²) in [6.45, 7) is 0. The third kappa shape index (κ3) is 2.45. The van der Waals surface area contributed by atoms with E-state index in [4.69, 9.17) is 0 Å². The van der Waals surface area contributed by atoms with Crippen molar-refractivity contribution in [3.8, 4) is 0 Å². The van der Waals surface area contributed by atoms with Crippen molar-refractivity contribution >= 4 is 24.1 Å². The Morgan fingerprint density at radius 1 is 0.615 bits per heavy atom. The Morgan fingerprint density at radius 3 is 1.38 bits per heavy atom. The highest BCUT2D eigenvalue weighted by Gasteiger charge is 1.96. The Labute approximate surface area is 86.4 Å². The summed E-state index contributed by atoms with van der Waals surface area (Å²) < 4.78 is 2.90. The second kappa shape index (κ2) is 4.28. The topological polar surface area (TPSA) is 0 Å². The smallest absolute Gasteiger partial charge is 0.117 e. The van der Waals surface area contributed by atoms with E-state index in [1.807, 2.05) is 0 Å². The summed E-state index contributed by atoms with van der Waals surface area (Å²) in [7, 11) is 0. The molecule has 13 heavy (non-hydrogen) atoms. The van der Waals surface area contributed by atoms with E-state index in [1.165, 1.54) is 8.85 Å². The predicted octanol–water partition coefficient (Wildman–Crippen LogP) is 1.59. The van der Waals surface area contributed by atoms with E-state index in [9.17, 15) is 0 Å². The van der Waals surface area contributed by atoms with Crippen LogP contribution in [0.1, 0.15) is 1.43 Å². The molecule has 0 saturated carbocycles. The summed E-state index contributed by atoms with van der Waals surface area (Å²) in [6, 6.07) is 21.3. The van der Waals surface area contributed by atoms with Gasteiger partial charge in [-0.2, -0.15) is 0 Å². The van der Waals surface area contributed by atoms with Crippen LogP contribution < -0.4 is 8.85 Å². The van der Waals surface area contributed by atoms with Crippen LogP contribution in [0, 0.1) is 0 Å². The van der Waals surface area contributed by atoms with Crippen LogP contribution in [0.4, 0.5) is 0 Å². The van der Waals surface area contributed by atoms with Crippen LogP contribution in [0.2, 0.25) is 0 Å². The molecule has 0 aliphatic heterocycles. The van der Waals surface area contributed by atoms with Gasteiger partial charge >= 0.3 is 0 Å². The van der Waals surface area contributed by atoms with Gasteiger partial charge in [-0.3, -0.25) is 0 Å². The number of rotatable bonds is 2. The van der Waals surface area contributed by atoms with Crippen LogP contribution in [0.15, 0.2) is 60.7 Å². The SMILES string of the molecule is [HH].c1cc[c]([Al][c]2ccccc2)cc1. The maximum Gasteiger partial charge on any atom is 0.298 e. The largest absolute Gasteiger partial charge is 0.298 e. The molecule has 1 heteroatoms. The zero-order valence-corrected chi connectivity index (χ0v) is 8.51. The molecule has 0 unspecified atom stereocenters. The highest BCUT2D eigenvalue weighted by molar-refractivity contribution is 6.67. The fourth-order valence-corrected chi connectivity index (χ4v) is 2.51. The maximum absolute atomic E-state index is 2.20. The Balaban J connectivity index is 0.000000980. The number of benzene rings is 2. The van der Waals surface area contributed by atoms with E-state index in [0.29, 0.717) is 0 Å². The zero-order chi connectivity index (χ0) is 8.93. The van der Waals surface area contributed by atoms with Crippen molar-refractivity contribution in [1.82, 2.24) is 0 Å². The highest BCUT2D eigenvalue weighted by atomic mass is 27.1. The Morgan fingerprint density at radius 2 is 1.00 bits per heavy atom. The Hall–Kier alpha value is -1.03. The van der Waals surface area contributed by atoms with Crippen molar-refractivity contribution in [1.29, 1.82) is 0 Å². The third-order valence-corrected chi connectivity index (χ3v) is 3.37. The first-order chi connectivity index (χ1) is 6.45. The minimum atomic E-state index is 0. The first kappa shape index (κ1) is 8.57. The molecule has 0 aromatic heterocycles. The number of hydrogen-bond donors (Lipinski definition) is 0. The fourth-order valence-electron chi connectivity index (χ4n) is 1.29. The molecular weight excluding hydrogens is 171 g/mol. The Bertz CT molecular complexity index is 321. The van der Waals surface area contributed by atoms with Crippen LogP contribution >= 0.6 is 0 Å². The van der Waals surface area contributed by atoms with Gasteiger partial charge in [-0.25, -0.2) is 0 Å². The van der Waals surface area contributed by atoms with Gasteiger partial charge in [0.05, 0.1) is 0 Å². The van der Waals surface area contributed by atoms with E-state index >= 15 is 0 Å². The standard InChI is InChI=1S/2C6H5.Al.H2/c2*1-2-4-6-5-3-1;;/h2*1-5H;;1H. The molecule has 0 atom stereocenters. The molecule has 2 aromatic carbocycles. The third-order valence-electron chi connectivity index (χ3n) is 1.93. The molecule has 2 aromatic rings. The molecule has 2 rings (SSSR count). The van der Waals surface area contributed by atoms with Crippen molar-refractivity contribution in [2.45, 2.75) is 0 Å². The van der Waals surface area contributed by atoms with Crippen molar-refractivity contribution < 1.29 is 1.43 Å². The lowest BCUT2D eigenvalue weighted by atomic mass is 10.4. The van der Waals surface area contributed by atoms with Gasteiger partial charge in [0, 0.05) is 1.43 Å². The molecule has 0 nitrogen and oxygen atoms in total. The van der Waals surface area contributed by atoms with E-state index < -0.39 is 0 Å². The van der Waals surface area contributed by atoms with Gasteiger partial charge in [0.2, 0.25) is 0 Å². The quantitative estimate of drug-likeness (QED) is 0.620. The van der Waals surface area contributed by atoms with Crippen molar-refractivity contribution in [2.24, 2.45) is 0 Å². The van der Waals surface area contributed by atoms with Gasteiger partial charge in [0.1, 0.15) is 0 Å². The number of hydrogen-bond acceptors (Lipinski definition) is 0. The summed E-state index contributed by atoms with van der Waals surface area (Å²) in [5.41, 5.74) is 0. The molecule has 0 saturated heterocycles. The van der Waals surface area contributed by atoms with Crippen molar-refractivity contribution in [3.05, 3.63) is 60.7 Å². The van der Waals surface area contributed by atoms with Crippen LogP contribution in [-0.2, 0) is 0 Å². The van der Waals surface area contributed by atoms with E-state index in [0.717, 1.165) is 0 Å². The monoisotopic (exact) mass is 183 g/mol. The average molecular weight is 183 g/mol. The summed E-state index contributed by atoms with van der Waals surface area (Å²) in [4.78, 5) is 0. The molecule has 63 valence electrons. The second-order valence-corrected chi connectivity index (χ2v) is 4.59. The minimum absolute atomic E-state index is 0. The average Bonchev–Trinajstić information content (AvgIpc) is 2.21. The molecule has 0 N–H and O–H groups in total. The maximum atomic E-state index is 2.20. The predicted molar refractivity (Wildman–Crippen MR) is 60.0 cm³/mol. The van der Waals surface area contributed by atoms with Gasteiger partial charge in [0.15, 0.2) is 0 Å². The molecule has 0 bridgehead atoms. The minimum Gasteiger partial charge on any atom is -0.117 e. The second-order valence-electron chi connectivity index (χ2n) is 2.97. The zero-order valence-electron chi connectivity index (χ0n) is 7.35. The highest BCUT2D eigenvalue weighted by Crippen LogP contribution is 1.84. The molecule has 0 aliphatic rings. The summed E-state index contributed by atoms with van der Waals surface area (Å²) in [5.74, 6) is 0. The van der Waals surface area contributed by atoms with Crippen LogP contribution in [0.5, 0.6) is 0 Å². The van der Waals surface area contributed by atoms with E-state index in [2.05, 4.69) is 60.7 Å². The Kier molecular flexibility index (Phi) is 2.82. The fraction of sp³-hybridized carbons (Fsp3) is 0. The van der Waals surface area contributed by atoms with Gasteiger partial charge < -0.3 is 0 Å². The first-order valence-electron chi connectivity index (χ1n) is 4.40. The van der Waals surface area contributed by atoms with Crippen LogP contribution in [0.25, 0.3) is 0 Å². The molecule has 0 spiro atoms. The van der Waals surface area contributed by atoms with Gasteiger partial charge in [-0.15, -0.1) is 8.85 Å². The van der Waals surface area contributed by atoms with Gasteiger partial charge in [-0.1, -0.05) is 60.7 Å². The van der Waals surface area contributed by atoms with Crippen molar-refractivity contribution in [2.75, 3.05) is 0 Å².